The van der Waals surface area contributed by atoms with Crippen LogP contribution in [-0.4, -0.2) is 27.2 Å². The number of amides is 1. The zero-order chi connectivity index (χ0) is 22.9. The van der Waals surface area contributed by atoms with E-state index in [0.29, 0.717) is 22.0 Å². The van der Waals surface area contributed by atoms with Crippen LogP contribution in [0.3, 0.4) is 0 Å². The van der Waals surface area contributed by atoms with Crippen LogP contribution in [0, 0.1) is 0 Å². The van der Waals surface area contributed by atoms with Gasteiger partial charge in [0.05, 0.1) is 22.5 Å². The summed E-state index contributed by atoms with van der Waals surface area (Å²) in [5.41, 5.74) is 8.80. The van der Waals surface area contributed by atoms with Gasteiger partial charge < -0.3 is 21.1 Å². The highest BCUT2D eigenvalue weighted by Crippen LogP contribution is 2.33. The Hall–Kier alpha value is -3.77. The Labute approximate surface area is 190 Å². The zero-order valence-electron chi connectivity index (χ0n) is 17.7. The summed E-state index contributed by atoms with van der Waals surface area (Å²) in [4.78, 5) is 19.4. The maximum atomic E-state index is 11.6. The van der Waals surface area contributed by atoms with Gasteiger partial charge in [0.15, 0.2) is 5.88 Å². The average molecular weight is 447 g/mol. The molecule has 0 bridgehead atoms. The maximum absolute atomic E-state index is 11.6. The molecule has 3 aromatic carbocycles. The molecule has 0 fully saturated rings. The van der Waals surface area contributed by atoms with Gasteiger partial charge in [-0.3, -0.25) is 4.79 Å². The van der Waals surface area contributed by atoms with E-state index >= 15 is 0 Å². The molecule has 0 aliphatic rings. The van der Waals surface area contributed by atoms with Crippen molar-refractivity contribution in [2.75, 3.05) is 5.32 Å². The summed E-state index contributed by atoms with van der Waals surface area (Å²) in [6, 6.07) is 22.4. The molecule has 0 radical (unpaired) electrons. The monoisotopic (exact) mass is 446 g/mol. The third kappa shape index (κ3) is 4.31. The quantitative estimate of drug-likeness (QED) is 0.299. The van der Waals surface area contributed by atoms with E-state index in [0.717, 1.165) is 22.2 Å². The first-order chi connectivity index (χ1) is 15.2. The molecule has 1 aromatic heterocycles. The molecule has 6 nitrogen and oxygen atoms in total. The number of benzene rings is 3. The van der Waals surface area contributed by atoms with Gasteiger partial charge in [0.2, 0.25) is 5.91 Å². The summed E-state index contributed by atoms with van der Waals surface area (Å²) >= 11 is 6.12. The van der Waals surface area contributed by atoms with Crippen molar-refractivity contribution in [3.8, 4) is 5.88 Å². The van der Waals surface area contributed by atoms with Crippen LogP contribution in [0.5, 0.6) is 5.88 Å². The fourth-order valence-corrected chi connectivity index (χ4v) is 3.60. The standard InChI is InChI=1S/C25H23ClN4O2/c1-25(2,24(27)32)30-18-11-9-17(10-12-18)28-22(15-6-4-3-5-7-15)21-19-13-8-16(26)14-20(19)29-23(21)31/h3-14,29-31H,1-2H3,(H2,27,32). The lowest BCUT2D eigenvalue weighted by Crippen LogP contribution is -2.44. The number of carbonyl (C=O) groups is 1. The molecule has 0 atom stereocenters. The summed E-state index contributed by atoms with van der Waals surface area (Å²) in [6.45, 7) is 3.45. The van der Waals surface area contributed by atoms with Crippen molar-refractivity contribution >= 4 is 45.5 Å². The third-order valence-corrected chi connectivity index (χ3v) is 5.44. The summed E-state index contributed by atoms with van der Waals surface area (Å²) < 4.78 is 0. The number of hydrogen-bond donors (Lipinski definition) is 4. The molecule has 0 unspecified atom stereocenters. The predicted molar refractivity (Wildman–Crippen MR) is 130 cm³/mol. The Kier molecular flexibility index (Phi) is 5.63. The largest absolute Gasteiger partial charge is 0.494 e. The number of halogens is 1. The van der Waals surface area contributed by atoms with Crippen LogP contribution in [0.25, 0.3) is 10.9 Å². The molecule has 0 saturated heterocycles. The molecule has 0 saturated carbocycles. The first-order valence-electron chi connectivity index (χ1n) is 10.1. The highest BCUT2D eigenvalue weighted by atomic mass is 35.5. The average Bonchev–Trinajstić information content (AvgIpc) is 3.08. The minimum Gasteiger partial charge on any atom is -0.494 e. The van der Waals surface area contributed by atoms with Crippen LogP contribution >= 0.6 is 11.6 Å². The first-order valence-corrected chi connectivity index (χ1v) is 10.5. The topological polar surface area (TPSA) is 104 Å². The number of nitrogens with two attached hydrogens (primary N) is 1. The van der Waals surface area contributed by atoms with Crippen molar-refractivity contribution < 1.29 is 9.90 Å². The van der Waals surface area contributed by atoms with Crippen LogP contribution < -0.4 is 11.1 Å². The number of hydrogen-bond acceptors (Lipinski definition) is 4. The minimum absolute atomic E-state index is 0.0198. The highest BCUT2D eigenvalue weighted by molar-refractivity contribution is 6.31. The summed E-state index contributed by atoms with van der Waals surface area (Å²) in [5.74, 6) is -0.424. The van der Waals surface area contributed by atoms with E-state index in [9.17, 15) is 9.90 Å². The van der Waals surface area contributed by atoms with Gasteiger partial charge in [-0.05, 0) is 50.2 Å². The Balaban J connectivity index is 1.80. The van der Waals surface area contributed by atoms with E-state index in [1.807, 2.05) is 60.7 Å². The van der Waals surface area contributed by atoms with Crippen molar-refractivity contribution in [3.63, 3.8) is 0 Å². The molecule has 4 rings (SSSR count). The molecule has 0 aliphatic carbocycles. The van der Waals surface area contributed by atoms with Gasteiger partial charge in [-0.2, -0.15) is 0 Å². The number of aromatic nitrogens is 1. The summed E-state index contributed by atoms with van der Waals surface area (Å²) in [7, 11) is 0. The maximum Gasteiger partial charge on any atom is 0.242 e. The molecule has 0 spiro atoms. The van der Waals surface area contributed by atoms with E-state index in [4.69, 9.17) is 22.3 Å². The smallest absolute Gasteiger partial charge is 0.242 e. The van der Waals surface area contributed by atoms with Crippen LogP contribution in [0.2, 0.25) is 5.02 Å². The van der Waals surface area contributed by atoms with Gasteiger partial charge in [0.1, 0.15) is 5.54 Å². The fourth-order valence-electron chi connectivity index (χ4n) is 3.43. The molecule has 7 heteroatoms. The number of rotatable bonds is 6. The molecule has 1 amide bonds. The Morgan fingerprint density at radius 2 is 1.75 bits per heavy atom. The molecule has 162 valence electrons. The van der Waals surface area contributed by atoms with Gasteiger partial charge in [0, 0.05) is 21.7 Å². The number of fused-ring (bicyclic) bond motifs is 1. The SMILES string of the molecule is CC(C)(Nc1ccc(N=C(c2ccccc2)c2c(O)[nH]c3cc(Cl)ccc23)cc1)C(N)=O. The van der Waals surface area contributed by atoms with Gasteiger partial charge in [-0.25, -0.2) is 4.99 Å². The second-order valence-corrected chi connectivity index (χ2v) is 8.46. The number of aromatic amines is 1. The minimum atomic E-state index is -0.878. The van der Waals surface area contributed by atoms with Crippen molar-refractivity contribution in [1.82, 2.24) is 4.98 Å². The van der Waals surface area contributed by atoms with Crippen molar-refractivity contribution in [2.24, 2.45) is 10.7 Å². The van der Waals surface area contributed by atoms with Crippen molar-refractivity contribution in [2.45, 2.75) is 19.4 Å². The van der Waals surface area contributed by atoms with Crippen molar-refractivity contribution in [1.29, 1.82) is 0 Å². The number of nitrogens with zero attached hydrogens (tertiary/aromatic N) is 1. The zero-order valence-corrected chi connectivity index (χ0v) is 18.4. The van der Waals surface area contributed by atoms with Crippen LogP contribution in [0.15, 0.2) is 77.8 Å². The van der Waals surface area contributed by atoms with E-state index in [2.05, 4.69) is 10.3 Å². The number of carbonyl (C=O) groups excluding carboxylic acids is 1. The van der Waals surface area contributed by atoms with Gasteiger partial charge in [0.25, 0.3) is 0 Å². The van der Waals surface area contributed by atoms with Gasteiger partial charge in [-0.15, -0.1) is 0 Å². The second-order valence-electron chi connectivity index (χ2n) is 8.03. The molecule has 1 heterocycles. The lowest BCUT2D eigenvalue weighted by Gasteiger charge is -2.23. The molecular weight excluding hydrogens is 424 g/mol. The molecular formula is C25H23ClN4O2. The third-order valence-electron chi connectivity index (χ3n) is 5.21. The number of nitrogens with one attached hydrogen (secondary N) is 2. The van der Waals surface area contributed by atoms with Crippen LogP contribution in [0.4, 0.5) is 11.4 Å². The Morgan fingerprint density at radius 3 is 2.41 bits per heavy atom. The molecule has 4 aromatic rings. The Morgan fingerprint density at radius 1 is 1.06 bits per heavy atom. The Bertz CT molecular complexity index is 1310. The van der Waals surface area contributed by atoms with E-state index in [1.165, 1.54) is 0 Å². The number of primary amides is 1. The molecule has 5 N–H and O–H groups in total. The van der Waals surface area contributed by atoms with E-state index in [-0.39, 0.29) is 5.88 Å². The van der Waals surface area contributed by atoms with Crippen LogP contribution in [0.1, 0.15) is 25.0 Å². The van der Waals surface area contributed by atoms with Crippen LogP contribution in [-0.2, 0) is 4.79 Å². The molecule has 0 aliphatic heterocycles. The van der Waals surface area contributed by atoms with E-state index in [1.54, 1.807) is 26.0 Å². The summed E-state index contributed by atoms with van der Waals surface area (Å²) in [5, 5.41) is 15.2. The lowest BCUT2D eigenvalue weighted by molar-refractivity contribution is -0.121. The number of H-pyrrole nitrogens is 1. The van der Waals surface area contributed by atoms with Gasteiger partial charge >= 0.3 is 0 Å². The fraction of sp³-hybridized carbons (Fsp3) is 0.120. The van der Waals surface area contributed by atoms with Crippen molar-refractivity contribution in [3.05, 3.63) is 88.9 Å². The van der Waals surface area contributed by atoms with Gasteiger partial charge in [-0.1, -0.05) is 48.0 Å². The first kappa shape index (κ1) is 21.5. The number of aromatic hydroxyl groups is 1. The lowest BCUT2D eigenvalue weighted by atomic mass is 10.0. The molecule has 32 heavy (non-hydrogen) atoms. The number of aliphatic imine (C=N–C) groups is 1. The normalized spacial score (nSPS) is 12.2. The predicted octanol–water partition coefficient (Wildman–Crippen LogP) is 5.37. The highest BCUT2D eigenvalue weighted by Gasteiger charge is 2.24. The second kappa shape index (κ2) is 8.40. The summed E-state index contributed by atoms with van der Waals surface area (Å²) in [6.07, 6.45) is 0. The van der Waals surface area contributed by atoms with E-state index < -0.39 is 11.4 Å². The number of anilines is 1.